The third-order valence-corrected chi connectivity index (χ3v) is 4.75. The summed E-state index contributed by atoms with van der Waals surface area (Å²) in [6, 6.07) is 11.1. The standard InChI is InChI=1S/C19H21N3/c1-3-16-4-9-19(12-16)22-11-10-21(14-15(22)2)18-7-5-17(13-20)6-8-18/h1,5-8,12,15,19H,4,9-11,14H2,2H3/t15-,19-/m1/s1. The van der Waals surface area contributed by atoms with Crippen molar-refractivity contribution in [3.63, 3.8) is 0 Å². The van der Waals surface area contributed by atoms with Gasteiger partial charge in [0.15, 0.2) is 0 Å². The van der Waals surface area contributed by atoms with Gasteiger partial charge < -0.3 is 4.90 Å². The molecule has 22 heavy (non-hydrogen) atoms. The van der Waals surface area contributed by atoms with Crippen LogP contribution in [-0.4, -0.2) is 36.6 Å². The fourth-order valence-electron chi connectivity index (χ4n) is 3.53. The van der Waals surface area contributed by atoms with Gasteiger partial charge in [-0.25, -0.2) is 0 Å². The van der Waals surface area contributed by atoms with Crippen molar-refractivity contribution in [2.75, 3.05) is 24.5 Å². The van der Waals surface area contributed by atoms with Crippen LogP contribution in [0.15, 0.2) is 35.9 Å². The van der Waals surface area contributed by atoms with Crippen molar-refractivity contribution >= 4 is 5.69 Å². The van der Waals surface area contributed by atoms with E-state index in [1.807, 2.05) is 24.3 Å². The highest BCUT2D eigenvalue weighted by molar-refractivity contribution is 5.50. The number of nitriles is 1. The molecule has 1 fully saturated rings. The van der Waals surface area contributed by atoms with E-state index < -0.39 is 0 Å². The first-order chi connectivity index (χ1) is 10.7. The molecule has 0 N–H and O–H groups in total. The second-order valence-corrected chi connectivity index (χ2v) is 6.13. The van der Waals surface area contributed by atoms with Crippen molar-refractivity contribution in [1.29, 1.82) is 5.26 Å². The van der Waals surface area contributed by atoms with Gasteiger partial charge in [-0.15, -0.1) is 6.42 Å². The number of piperazine rings is 1. The lowest BCUT2D eigenvalue weighted by Crippen LogP contribution is -2.54. The minimum Gasteiger partial charge on any atom is -0.369 e. The molecule has 0 spiro atoms. The summed E-state index contributed by atoms with van der Waals surface area (Å²) in [5.74, 6) is 2.79. The van der Waals surface area contributed by atoms with E-state index in [2.05, 4.69) is 34.8 Å². The highest BCUT2D eigenvalue weighted by Gasteiger charge is 2.30. The molecule has 0 saturated carbocycles. The van der Waals surface area contributed by atoms with Gasteiger partial charge in [0, 0.05) is 37.4 Å². The smallest absolute Gasteiger partial charge is 0.0991 e. The lowest BCUT2D eigenvalue weighted by molar-refractivity contribution is 0.153. The summed E-state index contributed by atoms with van der Waals surface area (Å²) in [4.78, 5) is 4.98. The highest BCUT2D eigenvalue weighted by Crippen LogP contribution is 2.27. The number of allylic oxidation sites excluding steroid dienone is 1. The predicted octanol–water partition coefficient (Wildman–Crippen LogP) is 2.79. The van der Waals surface area contributed by atoms with Crippen LogP contribution in [0.2, 0.25) is 0 Å². The van der Waals surface area contributed by atoms with Crippen molar-refractivity contribution in [2.24, 2.45) is 0 Å². The number of anilines is 1. The monoisotopic (exact) mass is 291 g/mol. The molecule has 3 heteroatoms. The molecule has 1 aromatic carbocycles. The molecular formula is C19H21N3. The molecule has 1 aromatic rings. The minimum absolute atomic E-state index is 0.503. The molecular weight excluding hydrogens is 270 g/mol. The Morgan fingerprint density at radius 3 is 2.59 bits per heavy atom. The summed E-state index contributed by atoms with van der Waals surface area (Å²) < 4.78 is 0. The van der Waals surface area contributed by atoms with Crippen molar-refractivity contribution in [3.8, 4) is 18.4 Å². The van der Waals surface area contributed by atoms with Gasteiger partial charge in [-0.1, -0.05) is 12.0 Å². The molecule has 1 saturated heterocycles. The van der Waals surface area contributed by atoms with Crippen molar-refractivity contribution in [3.05, 3.63) is 41.5 Å². The fourth-order valence-corrected chi connectivity index (χ4v) is 3.53. The van der Waals surface area contributed by atoms with Crippen LogP contribution in [0.1, 0.15) is 25.3 Å². The predicted molar refractivity (Wildman–Crippen MR) is 89.5 cm³/mol. The largest absolute Gasteiger partial charge is 0.369 e. The number of terminal acetylenes is 1. The van der Waals surface area contributed by atoms with Gasteiger partial charge in [-0.3, -0.25) is 4.90 Å². The van der Waals surface area contributed by atoms with E-state index in [0.29, 0.717) is 17.6 Å². The van der Waals surface area contributed by atoms with Gasteiger partial charge >= 0.3 is 0 Å². The Labute approximate surface area is 132 Å². The first kappa shape index (κ1) is 14.7. The second kappa shape index (κ2) is 6.26. The number of hydrogen-bond acceptors (Lipinski definition) is 3. The van der Waals surface area contributed by atoms with Crippen LogP contribution in [0.3, 0.4) is 0 Å². The lowest BCUT2D eigenvalue weighted by atomic mass is 10.1. The first-order valence-electron chi connectivity index (χ1n) is 7.89. The van der Waals surface area contributed by atoms with Crippen LogP contribution >= 0.6 is 0 Å². The van der Waals surface area contributed by atoms with E-state index in [-0.39, 0.29) is 0 Å². The molecule has 1 heterocycles. The van der Waals surface area contributed by atoms with Crippen LogP contribution in [-0.2, 0) is 0 Å². The average Bonchev–Trinajstić information content (AvgIpc) is 3.03. The maximum absolute atomic E-state index is 8.89. The maximum atomic E-state index is 8.89. The molecule has 1 aliphatic carbocycles. The molecule has 3 nitrogen and oxygen atoms in total. The first-order valence-corrected chi connectivity index (χ1v) is 7.89. The summed E-state index contributed by atoms with van der Waals surface area (Å²) in [7, 11) is 0. The van der Waals surface area contributed by atoms with E-state index in [9.17, 15) is 0 Å². The Balaban J connectivity index is 1.66. The number of rotatable bonds is 2. The van der Waals surface area contributed by atoms with Crippen LogP contribution < -0.4 is 4.90 Å². The van der Waals surface area contributed by atoms with Crippen molar-refractivity contribution in [1.82, 2.24) is 4.90 Å². The van der Waals surface area contributed by atoms with Crippen LogP contribution in [0.5, 0.6) is 0 Å². The zero-order valence-corrected chi connectivity index (χ0v) is 13.0. The zero-order chi connectivity index (χ0) is 15.5. The zero-order valence-electron chi connectivity index (χ0n) is 13.0. The summed E-state index contributed by atoms with van der Waals surface area (Å²) >= 11 is 0. The van der Waals surface area contributed by atoms with E-state index >= 15 is 0 Å². The Morgan fingerprint density at radius 2 is 2.00 bits per heavy atom. The van der Waals surface area contributed by atoms with E-state index in [1.165, 1.54) is 5.69 Å². The summed E-state index contributed by atoms with van der Waals surface area (Å²) in [6.45, 7) is 5.38. The van der Waals surface area contributed by atoms with E-state index in [4.69, 9.17) is 11.7 Å². The Bertz CT molecular complexity index is 645. The molecule has 2 atom stereocenters. The van der Waals surface area contributed by atoms with Gasteiger partial charge in [0.25, 0.3) is 0 Å². The quantitative estimate of drug-likeness (QED) is 0.785. The molecule has 0 bridgehead atoms. The Morgan fingerprint density at radius 1 is 1.23 bits per heavy atom. The molecule has 0 radical (unpaired) electrons. The summed E-state index contributed by atoms with van der Waals surface area (Å²) in [5.41, 5.74) is 3.08. The molecule has 0 aromatic heterocycles. The second-order valence-electron chi connectivity index (χ2n) is 6.13. The maximum Gasteiger partial charge on any atom is 0.0991 e. The average molecular weight is 291 g/mol. The van der Waals surface area contributed by atoms with Gasteiger partial charge in [0.2, 0.25) is 0 Å². The molecule has 0 amide bonds. The van der Waals surface area contributed by atoms with Crippen molar-refractivity contribution in [2.45, 2.75) is 31.8 Å². The fraction of sp³-hybridized carbons (Fsp3) is 0.421. The van der Waals surface area contributed by atoms with Gasteiger partial charge in [0.1, 0.15) is 0 Å². The number of nitrogens with zero attached hydrogens (tertiary/aromatic N) is 3. The van der Waals surface area contributed by atoms with Crippen LogP contribution in [0, 0.1) is 23.7 Å². The van der Waals surface area contributed by atoms with Crippen LogP contribution in [0.25, 0.3) is 0 Å². The van der Waals surface area contributed by atoms with Gasteiger partial charge in [-0.05, 0) is 49.6 Å². The van der Waals surface area contributed by atoms with Crippen molar-refractivity contribution < 1.29 is 0 Å². The molecule has 0 unspecified atom stereocenters. The summed E-state index contributed by atoms with van der Waals surface area (Å²) in [6.07, 6.45) is 9.98. The highest BCUT2D eigenvalue weighted by atomic mass is 15.3. The normalized spacial score (nSPS) is 25.4. The minimum atomic E-state index is 0.503. The van der Waals surface area contributed by atoms with Gasteiger partial charge in [0.05, 0.1) is 11.6 Å². The lowest BCUT2D eigenvalue weighted by Gasteiger charge is -2.43. The van der Waals surface area contributed by atoms with E-state index in [0.717, 1.165) is 38.0 Å². The molecule has 3 rings (SSSR count). The molecule has 1 aliphatic heterocycles. The third-order valence-electron chi connectivity index (χ3n) is 4.75. The Hall–Kier alpha value is -2.23. The number of benzene rings is 1. The molecule has 2 aliphatic rings. The summed E-state index contributed by atoms with van der Waals surface area (Å²) in [5, 5.41) is 8.89. The van der Waals surface area contributed by atoms with Crippen LogP contribution in [0.4, 0.5) is 5.69 Å². The third kappa shape index (κ3) is 2.86. The Kier molecular flexibility index (Phi) is 4.18. The number of hydrogen-bond donors (Lipinski definition) is 0. The topological polar surface area (TPSA) is 30.3 Å². The SMILES string of the molecule is C#CC1=C[C@H](N2CCN(c3ccc(C#N)cc3)C[C@H]2C)CC1. The van der Waals surface area contributed by atoms with Gasteiger partial charge in [-0.2, -0.15) is 5.26 Å². The van der Waals surface area contributed by atoms with E-state index in [1.54, 1.807) is 0 Å². The molecule has 112 valence electrons.